The molecule has 0 heterocycles. The van der Waals surface area contributed by atoms with E-state index in [0.717, 1.165) is 0 Å². The molecule has 8 heteroatoms. The number of hydrogen-bond donors (Lipinski definition) is 1. The summed E-state index contributed by atoms with van der Waals surface area (Å²) in [5.74, 6) is -1.11. The molecule has 1 amide bonds. The molecule has 0 fully saturated rings. The first-order chi connectivity index (χ1) is 11.4. The van der Waals surface area contributed by atoms with Gasteiger partial charge in [-0.15, -0.1) is 0 Å². The van der Waals surface area contributed by atoms with Crippen LogP contribution in [0.25, 0.3) is 0 Å². The predicted molar refractivity (Wildman–Crippen MR) is 90.1 cm³/mol. The average molecular weight is 356 g/mol. The molecule has 1 aromatic carbocycles. The van der Waals surface area contributed by atoms with Crippen molar-refractivity contribution >= 4 is 21.9 Å². The van der Waals surface area contributed by atoms with Crippen molar-refractivity contribution in [3.8, 4) is 0 Å². The van der Waals surface area contributed by atoms with E-state index in [1.807, 2.05) is 13.8 Å². The van der Waals surface area contributed by atoms with Crippen LogP contribution in [0.2, 0.25) is 0 Å². The zero-order chi connectivity index (χ0) is 18.2. The molecule has 134 valence electrons. The van der Waals surface area contributed by atoms with E-state index in [4.69, 9.17) is 0 Å². The molecular weight excluding hydrogens is 332 g/mol. The highest BCUT2D eigenvalue weighted by Crippen LogP contribution is 2.18. The molecule has 0 radical (unpaired) electrons. The molecule has 0 unspecified atom stereocenters. The Hall–Kier alpha value is -1.93. The van der Waals surface area contributed by atoms with Gasteiger partial charge in [0.25, 0.3) is 5.91 Å². The Labute approximate surface area is 143 Å². The van der Waals surface area contributed by atoms with Gasteiger partial charge in [-0.1, -0.05) is 19.9 Å². The summed E-state index contributed by atoms with van der Waals surface area (Å²) in [7, 11) is -2.44. The Kier molecular flexibility index (Phi) is 7.87. The van der Waals surface area contributed by atoms with Crippen LogP contribution in [0.5, 0.6) is 0 Å². The van der Waals surface area contributed by atoms with Gasteiger partial charge in [-0.2, -0.15) is 4.31 Å². The summed E-state index contributed by atoms with van der Waals surface area (Å²) in [6.07, 6.45) is 1.41. The van der Waals surface area contributed by atoms with Gasteiger partial charge < -0.3 is 10.1 Å². The van der Waals surface area contributed by atoms with E-state index in [1.54, 1.807) is 0 Å². The smallest absolute Gasteiger partial charge is 0.325 e. The summed E-state index contributed by atoms with van der Waals surface area (Å²) in [5, 5.41) is 2.39. The topological polar surface area (TPSA) is 92.8 Å². The highest BCUT2D eigenvalue weighted by molar-refractivity contribution is 7.89. The quantitative estimate of drug-likeness (QED) is 0.675. The largest absolute Gasteiger partial charge is 0.468 e. The van der Waals surface area contributed by atoms with Gasteiger partial charge >= 0.3 is 5.97 Å². The van der Waals surface area contributed by atoms with Crippen LogP contribution < -0.4 is 5.32 Å². The van der Waals surface area contributed by atoms with Crippen LogP contribution >= 0.6 is 0 Å². The Morgan fingerprint density at radius 2 is 1.79 bits per heavy atom. The van der Waals surface area contributed by atoms with Gasteiger partial charge in [0.05, 0.1) is 12.0 Å². The van der Waals surface area contributed by atoms with Gasteiger partial charge in [0.1, 0.15) is 6.54 Å². The number of carbonyl (C=O) groups excluding carboxylic acids is 2. The van der Waals surface area contributed by atoms with Crippen molar-refractivity contribution in [3.63, 3.8) is 0 Å². The highest BCUT2D eigenvalue weighted by atomic mass is 32.2. The first kappa shape index (κ1) is 20.1. The van der Waals surface area contributed by atoms with E-state index in [0.29, 0.717) is 25.9 Å². The van der Waals surface area contributed by atoms with E-state index >= 15 is 0 Å². The lowest BCUT2D eigenvalue weighted by atomic mass is 10.2. The summed E-state index contributed by atoms with van der Waals surface area (Å²) >= 11 is 0. The van der Waals surface area contributed by atoms with Crippen LogP contribution in [0.3, 0.4) is 0 Å². The molecule has 1 N–H and O–H groups in total. The molecule has 1 rings (SSSR count). The van der Waals surface area contributed by atoms with Crippen LogP contribution in [-0.4, -0.2) is 51.3 Å². The first-order valence-electron chi connectivity index (χ1n) is 7.82. The number of nitrogens with one attached hydrogen (secondary N) is 1. The standard InChI is InChI=1S/C16H24N2O5S/c1-4-9-18(10-5-2)24(21,22)14-8-6-7-13(11-14)16(20)17-12-15(19)23-3/h6-8,11H,4-5,9-10,12H2,1-3H3,(H,17,20). The van der Waals surface area contributed by atoms with Gasteiger partial charge in [0.15, 0.2) is 0 Å². The van der Waals surface area contributed by atoms with Crippen LogP contribution in [-0.2, 0) is 19.6 Å². The van der Waals surface area contributed by atoms with Crippen molar-refractivity contribution in [1.29, 1.82) is 0 Å². The zero-order valence-corrected chi connectivity index (χ0v) is 15.1. The number of nitrogens with zero attached hydrogens (tertiary/aromatic N) is 1. The number of carbonyl (C=O) groups is 2. The third kappa shape index (κ3) is 5.31. The molecule has 0 saturated heterocycles. The van der Waals surface area contributed by atoms with Gasteiger partial charge in [-0.05, 0) is 31.0 Å². The van der Waals surface area contributed by atoms with E-state index in [-0.39, 0.29) is 17.0 Å². The third-order valence-electron chi connectivity index (χ3n) is 3.30. The van der Waals surface area contributed by atoms with Crippen LogP contribution in [0.4, 0.5) is 0 Å². The number of benzene rings is 1. The lowest BCUT2D eigenvalue weighted by Crippen LogP contribution is -2.33. The number of hydrogen-bond acceptors (Lipinski definition) is 5. The van der Waals surface area contributed by atoms with Crippen molar-refractivity contribution in [3.05, 3.63) is 29.8 Å². The maximum atomic E-state index is 12.7. The minimum Gasteiger partial charge on any atom is -0.468 e. The Bertz CT molecular complexity index is 667. The summed E-state index contributed by atoms with van der Waals surface area (Å²) in [6.45, 7) is 4.40. The molecule has 0 aromatic heterocycles. The summed E-state index contributed by atoms with van der Waals surface area (Å²) < 4.78 is 31.3. The molecule has 0 saturated carbocycles. The molecule has 0 atom stereocenters. The van der Waals surface area contributed by atoms with Crippen molar-refractivity contribution in [2.45, 2.75) is 31.6 Å². The van der Waals surface area contributed by atoms with Gasteiger partial charge in [0.2, 0.25) is 10.0 Å². The monoisotopic (exact) mass is 356 g/mol. The fourth-order valence-electron chi connectivity index (χ4n) is 2.12. The van der Waals surface area contributed by atoms with Crippen molar-refractivity contribution < 1.29 is 22.7 Å². The lowest BCUT2D eigenvalue weighted by Gasteiger charge is -2.21. The molecule has 0 aliphatic carbocycles. The third-order valence-corrected chi connectivity index (χ3v) is 5.20. The fourth-order valence-corrected chi connectivity index (χ4v) is 3.79. The van der Waals surface area contributed by atoms with E-state index in [2.05, 4.69) is 10.1 Å². The van der Waals surface area contributed by atoms with Crippen molar-refractivity contribution in [2.75, 3.05) is 26.7 Å². The molecule has 7 nitrogen and oxygen atoms in total. The summed E-state index contributed by atoms with van der Waals surface area (Å²) in [6, 6.07) is 5.79. The second kappa shape index (κ2) is 9.39. The fraction of sp³-hybridized carbons (Fsp3) is 0.500. The summed E-state index contributed by atoms with van der Waals surface area (Å²) in [5.41, 5.74) is 0.174. The lowest BCUT2D eigenvalue weighted by molar-refractivity contribution is -0.139. The highest BCUT2D eigenvalue weighted by Gasteiger charge is 2.24. The molecule has 0 aliphatic rings. The van der Waals surface area contributed by atoms with E-state index in [1.165, 1.54) is 35.7 Å². The Balaban J connectivity index is 3.01. The SMILES string of the molecule is CCCN(CCC)S(=O)(=O)c1cccc(C(=O)NCC(=O)OC)c1. The van der Waals surface area contributed by atoms with E-state index in [9.17, 15) is 18.0 Å². The maximum Gasteiger partial charge on any atom is 0.325 e. The number of rotatable bonds is 9. The maximum absolute atomic E-state index is 12.7. The Morgan fingerprint density at radius 1 is 1.17 bits per heavy atom. The minimum absolute atomic E-state index is 0.0649. The van der Waals surface area contributed by atoms with Gasteiger partial charge in [0, 0.05) is 18.7 Å². The average Bonchev–Trinajstić information content (AvgIpc) is 2.59. The number of amides is 1. The molecule has 1 aromatic rings. The second-order valence-corrected chi connectivity index (χ2v) is 7.13. The minimum atomic E-state index is -3.66. The normalized spacial score (nSPS) is 11.3. The second-order valence-electron chi connectivity index (χ2n) is 5.19. The van der Waals surface area contributed by atoms with Gasteiger partial charge in [-0.3, -0.25) is 9.59 Å². The predicted octanol–water partition coefficient (Wildman–Crippen LogP) is 1.40. The number of esters is 1. The Morgan fingerprint density at radius 3 is 2.33 bits per heavy atom. The molecular formula is C16H24N2O5S. The molecule has 0 aliphatic heterocycles. The van der Waals surface area contributed by atoms with Crippen LogP contribution in [0.15, 0.2) is 29.2 Å². The molecule has 0 bridgehead atoms. The molecule has 0 spiro atoms. The number of methoxy groups -OCH3 is 1. The van der Waals surface area contributed by atoms with Crippen molar-refractivity contribution in [1.82, 2.24) is 9.62 Å². The zero-order valence-electron chi connectivity index (χ0n) is 14.2. The van der Waals surface area contributed by atoms with Crippen LogP contribution in [0, 0.1) is 0 Å². The summed E-state index contributed by atoms with van der Waals surface area (Å²) in [4.78, 5) is 23.2. The van der Waals surface area contributed by atoms with Crippen LogP contribution in [0.1, 0.15) is 37.0 Å². The van der Waals surface area contributed by atoms with Gasteiger partial charge in [-0.25, -0.2) is 8.42 Å². The number of sulfonamides is 1. The number of ether oxygens (including phenoxy) is 1. The van der Waals surface area contributed by atoms with E-state index < -0.39 is 21.9 Å². The molecule has 24 heavy (non-hydrogen) atoms. The van der Waals surface area contributed by atoms with Crippen molar-refractivity contribution in [2.24, 2.45) is 0 Å². The first-order valence-corrected chi connectivity index (χ1v) is 9.26.